The van der Waals surface area contributed by atoms with E-state index in [9.17, 15) is 4.79 Å². The van der Waals surface area contributed by atoms with Crippen molar-refractivity contribution >= 4 is 17.3 Å². The fourth-order valence-electron chi connectivity index (χ4n) is 1.62. The highest BCUT2D eigenvalue weighted by atomic mass is 16.5. The van der Waals surface area contributed by atoms with Crippen molar-refractivity contribution in [2.45, 2.75) is 6.54 Å². The molecule has 0 saturated carbocycles. The maximum absolute atomic E-state index is 11.3. The molecule has 20 heavy (non-hydrogen) atoms. The minimum atomic E-state index is -0.172. The monoisotopic (exact) mass is 272 g/mol. The van der Waals surface area contributed by atoms with Crippen LogP contribution < -0.4 is 10.6 Å². The molecule has 0 fully saturated rings. The molecule has 1 amide bonds. The highest BCUT2D eigenvalue weighted by Gasteiger charge is 2.01. The zero-order chi connectivity index (χ0) is 14.2. The summed E-state index contributed by atoms with van der Waals surface area (Å²) in [4.78, 5) is 19.2. The van der Waals surface area contributed by atoms with E-state index in [1.54, 1.807) is 12.4 Å². The molecule has 104 valence electrons. The molecule has 2 rings (SSSR count). The number of amides is 1. The molecule has 0 atom stereocenters. The molecule has 0 unspecified atom stereocenters. The normalized spacial score (nSPS) is 10.1. The predicted molar refractivity (Wildman–Crippen MR) is 76.3 cm³/mol. The summed E-state index contributed by atoms with van der Waals surface area (Å²) in [6.07, 6.45) is 5.03. The van der Waals surface area contributed by atoms with Gasteiger partial charge in [0, 0.05) is 43.0 Å². The summed E-state index contributed by atoms with van der Waals surface area (Å²) in [6, 6.07) is 7.45. The number of hydrogen-bond acceptors (Lipinski definition) is 5. The average Bonchev–Trinajstić information content (AvgIpc) is 2.48. The maximum atomic E-state index is 11.3. The lowest BCUT2D eigenvalue weighted by molar-refractivity contribution is -0.119. The molecule has 6 nitrogen and oxygen atoms in total. The van der Waals surface area contributed by atoms with Crippen LogP contribution >= 0.6 is 0 Å². The molecule has 1 aromatic carbocycles. The first kappa shape index (κ1) is 14.0. The van der Waals surface area contributed by atoms with Crippen molar-refractivity contribution in [2.24, 2.45) is 0 Å². The van der Waals surface area contributed by atoms with Gasteiger partial charge >= 0.3 is 0 Å². The number of benzene rings is 1. The number of nitrogens with one attached hydrogen (secondary N) is 2. The van der Waals surface area contributed by atoms with E-state index in [1.165, 1.54) is 13.4 Å². The quantitative estimate of drug-likeness (QED) is 0.836. The van der Waals surface area contributed by atoms with Gasteiger partial charge in [0.05, 0.1) is 0 Å². The van der Waals surface area contributed by atoms with E-state index in [0.29, 0.717) is 6.54 Å². The summed E-state index contributed by atoms with van der Waals surface area (Å²) >= 11 is 0. The average molecular weight is 272 g/mol. The minimum absolute atomic E-state index is 0.0496. The van der Waals surface area contributed by atoms with Gasteiger partial charge in [-0.2, -0.15) is 0 Å². The lowest BCUT2D eigenvalue weighted by Crippen LogP contribution is -2.16. The Hall–Kier alpha value is -2.47. The van der Waals surface area contributed by atoms with Crippen LogP contribution in [0.25, 0.3) is 0 Å². The first-order valence-electron chi connectivity index (χ1n) is 6.14. The summed E-state index contributed by atoms with van der Waals surface area (Å²) in [7, 11) is 1.49. The van der Waals surface area contributed by atoms with Crippen LogP contribution in [0.5, 0.6) is 0 Å². The van der Waals surface area contributed by atoms with Crippen molar-refractivity contribution in [3.05, 3.63) is 48.5 Å². The Morgan fingerprint density at radius 2 is 1.80 bits per heavy atom. The van der Waals surface area contributed by atoms with Crippen LogP contribution in [0.3, 0.4) is 0 Å². The predicted octanol–water partition coefficient (Wildman–Crippen LogP) is 1.67. The summed E-state index contributed by atoms with van der Waals surface area (Å²) < 4.78 is 4.75. The molecule has 2 N–H and O–H groups in total. The van der Waals surface area contributed by atoms with Crippen molar-refractivity contribution < 1.29 is 9.53 Å². The SMILES string of the molecule is COCC(=O)Nc1ccc(NCc2cncnc2)cc1. The Bertz CT molecular complexity index is 543. The van der Waals surface area contributed by atoms with E-state index in [4.69, 9.17) is 4.74 Å². The van der Waals surface area contributed by atoms with Crippen LogP contribution in [0.2, 0.25) is 0 Å². The highest BCUT2D eigenvalue weighted by molar-refractivity contribution is 5.91. The summed E-state index contributed by atoms with van der Waals surface area (Å²) in [5, 5.41) is 5.98. The largest absolute Gasteiger partial charge is 0.381 e. The van der Waals surface area contributed by atoms with Gasteiger partial charge in [-0.3, -0.25) is 4.79 Å². The molecule has 0 radical (unpaired) electrons. The lowest BCUT2D eigenvalue weighted by Gasteiger charge is -2.08. The molecule has 0 aliphatic heterocycles. The second-order valence-corrected chi connectivity index (χ2v) is 4.16. The van der Waals surface area contributed by atoms with E-state index in [2.05, 4.69) is 20.6 Å². The molecule has 1 aromatic heterocycles. The number of carbonyl (C=O) groups is 1. The second kappa shape index (κ2) is 7.20. The van der Waals surface area contributed by atoms with Gasteiger partial charge in [0.25, 0.3) is 0 Å². The van der Waals surface area contributed by atoms with Gasteiger partial charge in [0.15, 0.2) is 0 Å². The molecular weight excluding hydrogens is 256 g/mol. The standard InChI is InChI=1S/C14H16N4O2/c1-20-9-14(19)18-13-4-2-12(3-5-13)17-8-11-6-15-10-16-7-11/h2-7,10,17H,8-9H2,1H3,(H,18,19). The summed E-state index contributed by atoms with van der Waals surface area (Å²) in [6.45, 7) is 0.699. The zero-order valence-corrected chi connectivity index (χ0v) is 11.2. The number of aromatic nitrogens is 2. The van der Waals surface area contributed by atoms with Gasteiger partial charge in [-0.1, -0.05) is 0 Å². The van der Waals surface area contributed by atoms with E-state index in [0.717, 1.165) is 16.9 Å². The molecule has 0 spiro atoms. The van der Waals surface area contributed by atoms with Crippen LogP contribution in [0.15, 0.2) is 43.0 Å². The van der Waals surface area contributed by atoms with Gasteiger partial charge in [0.2, 0.25) is 5.91 Å². The second-order valence-electron chi connectivity index (χ2n) is 4.16. The number of ether oxygens (including phenoxy) is 1. The van der Waals surface area contributed by atoms with Crippen molar-refractivity contribution in [3.63, 3.8) is 0 Å². The van der Waals surface area contributed by atoms with Gasteiger partial charge in [-0.15, -0.1) is 0 Å². The van der Waals surface area contributed by atoms with Crippen molar-refractivity contribution in [1.29, 1.82) is 0 Å². The van der Waals surface area contributed by atoms with E-state index < -0.39 is 0 Å². The van der Waals surface area contributed by atoms with Gasteiger partial charge < -0.3 is 15.4 Å². The number of anilines is 2. The van der Waals surface area contributed by atoms with E-state index >= 15 is 0 Å². The van der Waals surface area contributed by atoms with Crippen molar-refractivity contribution in [1.82, 2.24) is 9.97 Å². The van der Waals surface area contributed by atoms with Crippen LogP contribution in [0, 0.1) is 0 Å². The first-order chi connectivity index (χ1) is 9.78. The zero-order valence-electron chi connectivity index (χ0n) is 11.2. The smallest absolute Gasteiger partial charge is 0.250 e. The third-order valence-electron chi connectivity index (χ3n) is 2.55. The molecule has 2 aromatic rings. The minimum Gasteiger partial charge on any atom is -0.381 e. The molecule has 0 bridgehead atoms. The number of hydrogen-bond donors (Lipinski definition) is 2. The Labute approximate surface area is 117 Å². The Balaban J connectivity index is 1.87. The lowest BCUT2D eigenvalue weighted by atomic mass is 10.2. The summed E-state index contributed by atoms with van der Waals surface area (Å²) in [5.74, 6) is -0.172. The third kappa shape index (κ3) is 4.33. The molecule has 6 heteroatoms. The maximum Gasteiger partial charge on any atom is 0.250 e. The molecule has 1 heterocycles. The topological polar surface area (TPSA) is 76.1 Å². The Kier molecular flexibility index (Phi) is 5.02. The molecular formula is C14H16N4O2. The van der Waals surface area contributed by atoms with Crippen LogP contribution in [-0.2, 0) is 16.1 Å². The van der Waals surface area contributed by atoms with Crippen molar-refractivity contribution in [2.75, 3.05) is 24.4 Å². The van der Waals surface area contributed by atoms with Gasteiger partial charge in [0.1, 0.15) is 12.9 Å². The van der Waals surface area contributed by atoms with Crippen LogP contribution in [0.1, 0.15) is 5.56 Å². The van der Waals surface area contributed by atoms with Gasteiger partial charge in [-0.25, -0.2) is 9.97 Å². The van der Waals surface area contributed by atoms with Gasteiger partial charge in [-0.05, 0) is 24.3 Å². The number of rotatable bonds is 6. The van der Waals surface area contributed by atoms with Crippen LogP contribution in [-0.4, -0.2) is 29.6 Å². The molecule has 0 saturated heterocycles. The van der Waals surface area contributed by atoms with E-state index in [1.807, 2.05) is 24.3 Å². The van der Waals surface area contributed by atoms with Crippen LogP contribution in [0.4, 0.5) is 11.4 Å². The third-order valence-corrected chi connectivity index (χ3v) is 2.55. The Morgan fingerprint density at radius 1 is 1.15 bits per heavy atom. The number of methoxy groups -OCH3 is 1. The number of nitrogens with zero attached hydrogens (tertiary/aromatic N) is 2. The summed E-state index contributed by atoms with van der Waals surface area (Å²) in [5.41, 5.74) is 2.70. The number of carbonyl (C=O) groups excluding carboxylic acids is 1. The Morgan fingerprint density at radius 3 is 2.45 bits per heavy atom. The first-order valence-corrected chi connectivity index (χ1v) is 6.14. The fourth-order valence-corrected chi connectivity index (χ4v) is 1.62. The molecule has 0 aliphatic carbocycles. The van der Waals surface area contributed by atoms with Crippen molar-refractivity contribution in [3.8, 4) is 0 Å². The fraction of sp³-hybridized carbons (Fsp3) is 0.214. The van der Waals surface area contributed by atoms with E-state index in [-0.39, 0.29) is 12.5 Å². The highest BCUT2D eigenvalue weighted by Crippen LogP contribution is 2.14. The molecule has 0 aliphatic rings.